The lowest BCUT2D eigenvalue weighted by molar-refractivity contribution is -0.115. The number of likely N-dealkylation sites (N-methyl/N-ethyl adjacent to an activating group) is 1. The first kappa shape index (κ1) is 11.5. The molecule has 5 heteroatoms. The maximum atomic E-state index is 11.2. The molecule has 2 N–H and O–H groups in total. The highest BCUT2D eigenvalue weighted by molar-refractivity contribution is 9.10. The molecule has 0 spiro atoms. The molecule has 0 radical (unpaired) electrons. The molecule has 1 aromatic rings. The Morgan fingerprint density at radius 1 is 1.57 bits per heavy atom. The number of anilines is 1. The normalized spacial score (nSPS) is 9.93. The first-order chi connectivity index (χ1) is 6.63. The van der Waals surface area contributed by atoms with Crippen molar-refractivity contribution in [3.63, 3.8) is 0 Å². The lowest BCUT2D eigenvalue weighted by Gasteiger charge is -2.06. The van der Waals surface area contributed by atoms with E-state index in [0.29, 0.717) is 10.7 Å². The average molecular weight is 278 g/mol. The van der Waals surface area contributed by atoms with Gasteiger partial charge in [0.25, 0.3) is 0 Å². The van der Waals surface area contributed by atoms with Gasteiger partial charge < -0.3 is 10.6 Å². The Labute approximate surface area is 96.0 Å². The average Bonchev–Trinajstić information content (AvgIpc) is 2.10. The van der Waals surface area contributed by atoms with Gasteiger partial charge in [-0.05, 0) is 25.2 Å². The fourth-order valence-corrected chi connectivity index (χ4v) is 1.67. The van der Waals surface area contributed by atoms with Crippen molar-refractivity contribution in [3.05, 3.63) is 27.7 Å². The number of benzene rings is 1. The summed E-state index contributed by atoms with van der Waals surface area (Å²) < 4.78 is 0.883. The monoisotopic (exact) mass is 276 g/mol. The topological polar surface area (TPSA) is 41.1 Å². The molecule has 1 rings (SSSR count). The van der Waals surface area contributed by atoms with E-state index in [1.54, 1.807) is 19.2 Å². The molecule has 0 aliphatic heterocycles. The fourth-order valence-electron chi connectivity index (χ4n) is 0.946. The van der Waals surface area contributed by atoms with E-state index in [1.165, 1.54) is 0 Å². The standard InChI is InChI=1S/C9H10BrClN2O/c1-12-5-9(14)13-8-3-2-6(10)4-7(8)11/h2-4,12H,5H2,1H3,(H,13,14). The minimum absolute atomic E-state index is 0.114. The molecule has 14 heavy (non-hydrogen) atoms. The molecule has 1 aromatic carbocycles. The van der Waals surface area contributed by atoms with Gasteiger partial charge in [0.05, 0.1) is 17.3 Å². The van der Waals surface area contributed by atoms with Crippen LogP contribution < -0.4 is 10.6 Å². The van der Waals surface area contributed by atoms with Gasteiger partial charge in [0.2, 0.25) is 5.91 Å². The fraction of sp³-hybridized carbons (Fsp3) is 0.222. The Hall–Kier alpha value is -0.580. The van der Waals surface area contributed by atoms with Crippen molar-refractivity contribution in [2.75, 3.05) is 18.9 Å². The first-order valence-electron chi connectivity index (χ1n) is 4.03. The van der Waals surface area contributed by atoms with Crippen LogP contribution >= 0.6 is 27.5 Å². The lowest BCUT2D eigenvalue weighted by atomic mass is 10.3. The number of carbonyl (C=O) groups is 1. The van der Waals surface area contributed by atoms with Crippen LogP contribution in [0.1, 0.15) is 0 Å². The Balaban J connectivity index is 2.72. The maximum absolute atomic E-state index is 11.2. The van der Waals surface area contributed by atoms with Crippen molar-refractivity contribution in [2.24, 2.45) is 0 Å². The van der Waals surface area contributed by atoms with Gasteiger partial charge in [-0.3, -0.25) is 4.79 Å². The summed E-state index contributed by atoms with van der Waals surface area (Å²) in [5.74, 6) is -0.114. The summed E-state index contributed by atoms with van der Waals surface area (Å²) >= 11 is 9.19. The largest absolute Gasteiger partial charge is 0.324 e. The van der Waals surface area contributed by atoms with Gasteiger partial charge in [0.15, 0.2) is 0 Å². The minimum atomic E-state index is -0.114. The molecule has 1 amide bonds. The lowest BCUT2D eigenvalue weighted by Crippen LogP contribution is -2.25. The predicted molar refractivity (Wildman–Crippen MR) is 61.7 cm³/mol. The van der Waals surface area contributed by atoms with E-state index in [-0.39, 0.29) is 12.5 Å². The zero-order valence-electron chi connectivity index (χ0n) is 7.60. The van der Waals surface area contributed by atoms with E-state index in [2.05, 4.69) is 26.6 Å². The zero-order valence-corrected chi connectivity index (χ0v) is 9.95. The van der Waals surface area contributed by atoms with Crippen molar-refractivity contribution in [1.29, 1.82) is 0 Å². The van der Waals surface area contributed by atoms with Gasteiger partial charge in [-0.2, -0.15) is 0 Å². The van der Waals surface area contributed by atoms with Gasteiger partial charge in [-0.1, -0.05) is 27.5 Å². The van der Waals surface area contributed by atoms with Crippen LogP contribution in [0.15, 0.2) is 22.7 Å². The highest BCUT2D eigenvalue weighted by Crippen LogP contribution is 2.25. The molecule has 0 heterocycles. The molecule has 0 aromatic heterocycles. The van der Waals surface area contributed by atoms with Crippen molar-refractivity contribution in [1.82, 2.24) is 5.32 Å². The van der Waals surface area contributed by atoms with Crippen LogP contribution in [0, 0.1) is 0 Å². The van der Waals surface area contributed by atoms with Crippen molar-refractivity contribution in [3.8, 4) is 0 Å². The third-order valence-corrected chi connectivity index (χ3v) is 2.35. The second kappa shape index (κ2) is 5.34. The Bertz CT molecular complexity index is 344. The third kappa shape index (κ3) is 3.29. The van der Waals surface area contributed by atoms with Gasteiger partial charge in [-0.25, -0.2) is 0 Å². The number of nitrogens with one attached hydrogen (secondary N) is 2. The van der Waals surface area contributed by atoms with E-state index in [1.807, 2.05) is 6.07 Å². The molecule has 0 bridgehead atoms. The second-order valence-electron chi connectivity index (χ2n) is 2.70. The summed E-state index contributed by atoms with van der Waals surface area (Å²) in [6.45, 7) is 0.270. The number of rotatable bonds is 3. The number of halogens is 2. The number of hydrogen-bond acceptors (Lipinski definition) is 2. The third-order valence-electron chi connectivity index (χ3n) is 1.54. The highest BCUT2D eigenvalue weighted by atomic mass is 79.9. The van der Waals surface area contributed by atoms with Crippen molar-refractivity contribution >= 4 is 39.1 Å². The summed E-state index contributed by atoms with van der Waals surface area (Å²) in [5, 5.41) is 5.96. The van der Waals surface area contributed by atoms with Crippen LogP contribution in [0.5, 0.6) is 0 Å². The second-order valence-corrected chi connectivity index (χ2v) is 4.03. The smallest absolute Gasteiger partial charge is 0.238 e. The van der Waals surface area contributed by atoms with E-state index >= 15 is 0 Å². The van der Waals surface area contributed by atoms with E-state index in [9.17, 15) is 4.79 Å². The molecule has 0 aliphatic rings. The Morgan fingerprint density at radius 3 is 2.86 bits per heavy atom. The molecule has 3 nitrogen and oxygen atoms in total. The molecule has 0 unspecified atom stereocenters. The first-order valence-corrected chi connectivity index (χ1v) is 5.20. The summed E-state index contributed by atoms with van der Waals surface area (Å²) in [6, 6.07) is 5.30. The minimum Gasteiger partial charge on any atom is -0.324 e. The summed E-state index contributed by atoms with van der Waals surface area (Å²) in [7, 11) is 1.71. The molecular formula is C9H10BrClN2O. The van der Waals surface area contributed by atoms with Crippen LogP contribution in [0.25, 0.3) is 0 Å². The highest BCUT2D eigenvalue weighted by Gasteiger charge is 2.04. The van der Waals surface area contributed by atoms with Crippen molar-refractivity contribution in [2.45, 2.75) is 0 Å². The van der Waals surface area contributed by atoms with E-state index < -0.39 is 0 Å². The molecule has 0 fully saturated rings. The van der Waals surface area contributed by atoms with Crippen LogP contribution in [-0.4, -0.2) is 19.5 Å². The van der Waals surface area contributed by atoms with Crippen LogP contribution in [0.3, 0.4) is 0 Å². The molecule has 0 atom stereocenters. The quantitative estimate of drug-likeness (QED) is 0.890. The molecule has 76 valence electrons. The summed E-state index contributed by atoms with van der Waals surface area (Å²) in [6.07, 6.45) is 0. The number of carbonyl (C=O) groups excluding carboxylic acids is 1. The van der Waals surface area contributed by atoms with E-state index in [4.69, 9.17) is 11.6 Å². The molecule has 0 saturated carbocycles. The molecule has 0 aliphatic carbocycles. The van der Waals surface area contributed by atoms with Crippen LogP contribution in [0.2, 0.25) is 5.02 Å². The SMILES string of the molecule is CNCC(=O)Nc1ccc(Br)cc1Cl. The number of amides is 1. The summed E-state index contributed by atoms with van der Waals surface area (Å²) in [4.78, 5) is 11.2. The Morgan fingerprint density at radius 2 is 2.29 bits per heavy atom. The molecular weight excluding hydrogens is 267 g/mol. The zero-order chi connectivity index (χ0) is 10.6. The van der Waals surface area contributed by atoms with Crippen LogP contribution in [-0.2, 0) is 4.79 Å². The van der Waals surface area contributed by atoms with E-state index in [0.717, 1.165) is 4.47 Å². The van der Waals surface area contributed by atoms with Gasteiger partial charge in [0, 0.05) is 4.47 Å². The van der Waals surface area contributed by atoms with Crippen molar-refractivity contribution < 1.29 is 4.79 Å². The summed E-state index contributed by atoms with van der Waals surface area (Å²) in [5.41, 5.74) is 0.620. The van der Waals surface area contributed by atoms with Gasteiger partial charge >= 0.3 is 0 Å². The van der Waals surface area contributed by atoms with Gasteiger partial charge in [0.1, 0.15) is 0 Å². The predicted octanol–water partition coefficient (Wildman–Crippen LogP) is 2.26. The number of hydrogen-bond donors (Lipinski definition) is 2. The maximum Gasteiger partial charge on any atom is 0.238 e. The molecule has 0 saturated heterocycles. The van der Waals surface area contributed by atoms with Gasteiger partial charge in [-0.15, -0.1) is 0 Å². The van der Waals surface area contributed by atoms with Crippen LogP contribution in [0.4, 0.5) is 5.69 Å². The Kier molecular flexibility index (Phi) is 4.38.